The lowest BCUT2D eigenvalue weighted by Gasteiger charge is -2.33. The molecular weight excluding hydrogens is 496 g/mol. The molecule has 0 aliphatic carbocycles. The fraction of sp³-hybridized carbons (Fsp3) is 0.410. The van der Waals surface area contributed by atoms with Gasteiger partial charge in [-0.3, -0.25) is 0 Å². The van der Waals surface area contributed by atoms with Gasteiger partial charge in [-0.2, -0.15) is 5.10 Å². The highest BCUT2D eigenvalue weighted by Gasteiger charge is 2.27. The van der Waals surface area contributed by atoms with E-state index in [2.05, 4.69) is 172 Å². The molecule has 216 valence electrons. The van der Waals surface area contributed by atoms with Crippen molar-refractivity contribution < 1.29 is 0 Å². The lowest BCUT2D eigenvalue weighted by atomic mass is 9.72. The number of benzene rings is 3. The first-order valence-electron chi connectivity index (χ1n) is 15.0. The predicted molar refractivity (Wildman–Crippen MR) is 179 cm³/mol. The maximum Gasteiger partial charge on any atom is 0.0862 e. The van der Waals surface area contributed by atoms with E-state index >= 15 is 0 Å². The van der Waals surface area contributed by atoms with Gasteiger partial charge in [0.2, 0.25) is 0 Å². The van der Waals surface area contributed by atoms with Crippen molar-refractivity contribution in [1.82, 2.24) is 9.78 Å². The topological polar surface area (TPSA) is 17.8 Å². The van der Waals surface area contributed by atoms with Crippen LogP contribution in [0.4, 0.5) is 0 Å². The van der Waals surface area contributed by atoms with Crippen molar-refractivity contribution in [2.24, 2.45) is 5.41 Å². The minimum Gasteiger partial charge on any atom is -0.233 e. The molecule has 0 saturated carbocycles. The Morgan fingerprint density at radius 1 is 0.585 bits per heavy atom. The van der Waals surface area contributed by atoms with E-state index < -0.39 is 0 Å². The van der Waals surface area contributed by atoms with Crippen LogP contribution in [0.5, 0.6) is 0 Å². The normalized spacial score (nSPS) is 13.2. The Morgan fingerprint density at radius 2 is 1.07 bits per heavy atom. The minimum absolute atomic E-state index is 0.100. The quantitative estimate of drug-likeness (QED) is 0.235. The standard InChI is InChI=1S/C39H50N2/c1-36(2,3)27-39(10,11)32-21-24-34(25-22-32)41-35(29-15-19-31(20-16-29)38(7,8)9)26-33(40-41)23-14-28-12-17-30(18-13-28)37(4,5)6/h12-26H,27H2,1-11H3. The zero-order valence-electron chi connectivity index (χ0n) is 27.3. The molecule has 0 bridgehead atoms. The molecule has 2 heteroatoms. The van der Waals surface area contributed by atoms with E-state index in [9.17, 15) is 0 Å². The van der Waals surface area contributed by atoms with Crippen LogP contribution in [0.25, 0.3) is 29.1 Å². The molecule has 3 aromatic carbocycles. The van der Waals surface area contributed by atoms with Gasteiger partial charge < -0.3 is 0 Å². The first-order valence-corrected chi connectivity index (χ1v) is 15.0. The van der Waals surface area contributed by atoms with Crippen molar-refractivity contribution in [3.8, 4) is 16.9 Å². The molecule has 0 N–H and O–H groups in total. The van der Waals surface area contributed by atoms with E-state index in [0.29, 0.717) is 0 Å². The van der Waals surface area contributed by atoms with Gasteiger partial charge in [-0.1, -0.05) is 143 Å². The fourth-order valence-electron chi connectivity index (χ4n) is 5.78. The maximum absolute atomic E-state index is 5.08. The maximum atomic E-state index is 5.08. The number of rotatable bonds is 6. The van der Waals surface area contributed by atoms with Crippen LogP contribution in [0.2, 0.25) is 0 Å². The van der Waals surface area contributed by atoms with Crippen molar-refractivity contribution in [2.45, 2.75) is 98.8 Å². The number of nitrogens with zero attached hydrogens (tertiary/aromatic N) is 2. The van der Waals surface area contributed by atoms with Gasteiger partial charge in [0.25, 0.3) is 0 Å². The van der Waals surface area contributed by atoms with Gasteiger partial charge in [0, 0.05) is 5.56 Å². The molecule has 1 heterocycles. The molecule has 4 rings (SSSR count). The molecule has 0 unspecified atom stereocenters. The van der Waals surface area contributed by atoms with Crippen LogP contribution < -0.4 is 0 Å². The molecular formula is C39H50N2. The summed E-state index contributed by atoms with van der Waals surface area (Å²) in [6.45, 7) is 25.2. The third-order valence-electron chi connectivity index (χ3n) is 7.86. The Balaban J connectivity index is 1.71. The first-order chi connectivity index (χ1) is 18.9. The van der Waals surface area contributed by atoms with Gasteiger partial charge >= 0.3 is 0 Å². The summed E-state index contributed by atoms with van der Waals surface area (Å²) in [7, 11) is 0. The van der Waals surface area contributed by atoms with Crippen LogP contribution in [-0.4, -0.2) is 9.78 Å². The smallest absolute Gasteiger partial charge is 0.0862 e. The number of aromatic nitrogens is 2. The molecule has 2 nitrogen and oxygen atoms in total. The highest BCUT2D eigenvalue weighted by Crippen LogP contribution is 2.37. The summed E-state index contributed by atoms with van der Waals surface area (Å²) in [5.74, 6) is 0. The van der Waals surface area contributed by atoms with Gasteiger partial charge in [0.15, 0.2) is 0 Å². The van der Waals surface area contributed by atoms with E-state index in [1.54, 1.807) is 0 Å². The second-order valence-electron chi connectivity index (χ2n) is 15.6. The average Bonchev–Trinajstić information content (AvgIpc) is 3.30. The van der Waals surface area contributed by atoms with E-state index in [1.165, 1.54) is 22.3 Å². The molecule has 0 aliphatic rings. The summed E-state index contributed by atoms with van der Waals surface area (Å²) < 4.78 is 2.09. The largest absolute Gasteiger partial charge is 0.233 e. The van der Waals surface area contributed by atoms with Gasteiger partial charge in [-0.15, -0.1) is 0 Å². The third kappa shape index (κ3) is 7.67. The Labute approximate surface area is 249 Å². The molecule has 0 radical (unpaired) electrons. The van der Waals surface area contributed by atoms with Crippen LogP contribution in [0.1, 0.15) is 111 Å². The highest BCUT2D eigenvalue weighted by atomic mass is 15.3. The fourth-order valence-corrected chi connectivity index (χ4v) is 5.78. The molecule has 4 aromatic rings. The van der Waals surface area contributed by atoms with Crippen molar-refractivity contribution in [3.63, 3.8) is 0 Å². The number of hydrogen-bond donors (Lipinski definition) is 0. The number of hydrogen-bond acceptors (Lipinski definition) is 1. The third-order valence-corrected chi connectivity index (χ3v) is 7.86. The van der Waals surface area contributed by atoms with E-state index in [1.807, 2.05) is 0 Å². The summed E-state index contributed by atoms with van der Waals surface area (Å²) in [4.78, 5) is 0. The summed E-state index contributed by atoms with van der Waals surface area (Å²) in [5.41, 5.74) is 10.1. The van der Waals surface area contributed by atoms with Crippen molar-refractivity contribution >= 4 is 12.2 Å². The zero-order valence-corrected chi connectivity index (χ0v) is 27.3. The molecule has 0 amide bonds. The molecule has 0 fully saturated rings. The van der Waals surface area contributed by atoms with Crippen LogP contribution in [-0.2, 0) is 16.2 Å². The average molecular weight is 547 g/mol. The van der Waals surface area contributed by atoms with Crippen LogP contribution in [0, 0.1) is 5.41 Å². The Kier molecular flexibility index (Phi) is 8.29. The molecule has 41 heavy (non-hydrogen) atoms. The SMILES string of the molecule is CC(C)(C)CC(C)(C)c1ccc(-n2nc(C=Cc3ccc(C(C)(C)C)cc3)cc2-c2ccc(C(C)(C)C)cc2)cc1. The molecule has 0 atom stereocenters. The van der Waals surface area contributed by atoms with Crippen molar-refractivity contribution in [3.05, 3.63) is 107 Å². The molecule has 0 saturated heterocycles. The Morgan fingerprint density at radius 3 is 1.56 bits per heavy atom. The van der Waals surface area contributed by atoms with Gasteiger partial charge in [-0.05, 0) is 74.6 Å². The molecule has 1 aromatic heterocycles. The summed E-state index contributed by atoms with van der Waals surface area (Å²) in [6, 6.07) is 29.0. The summed E-state index contributed by atoms with van der Waals surface area (Å²) in [6.07, 6.45) is 5.40. The van der Waals surface area contributed by atoms with Crippen molar-refractivity contribution in [2.75, 3.05) is 0 Å². The second-order valence-corrected chi connectivity index (χ2v) is 15.6. The van der Waals surface area contributed by atoms with E-state index in [4.69, 9.17) is 5.10 Å². The molecule has 0 aliphatic heterocycles. The second kappa shape index (κ2) is 11.1. The van der Waals surface area contributed by atoms with Gasteiger partial charge in [-0.25, -0.2) is 4.68 Å². The lowest BCUT2D eigenvalue weighted by molar-refractivity contribution is 0.284. The Hall–Kier alpha value is -3.39. The van der Waals surface area contributed by atoms with Gasteiger partial charge in [0.05, 0.1) is 17.1 Å². The monoisotopic (exact) mass is 546 g/mol. The van der Waals surface area contributed by atoms with Gasteiger partial charge in [0.1, 0.15) is 0 Å². The predicted octanol–water partition coefficient (Wildman–Crippen LogP) is 11.0. The van der Waals surface area contributed by atoms with E-state index in [0.717, 1.165) is 29.1 Å². The first kappa shape index (κ1) is 30.6. The molecule has 0 spiro atoms. The highest BCUT2D eigenvalue weighted by molar-refractivity contribution is 5.72. The minimum atomic E-state index is 0.100. The zero-order chi connectivity index (χ0) is 30.2. The summed E-state index contributed by atoms with van der Waals surface area (Å²) >= 11 is 0. The Bertz CT molecular complexity index is 1470. The van der Waals surface area contributed by atoms with Crippen LogP contribution >= 0.6 is 0 Å². The van der Waals surface area contributed by atoms with Crippen LogP contribution in [0.15, 0.2) is 78.9 Å². The lowest BCUT2D eigenvalue weighted by Crippen LogP contribution is -2.24. The summed E-state index contributed by atoms with van der Waals surface area (Å²) in [5, 5.41) is 5.08. The van der Waals surface area contributed by atoms with Crippen LogP contribution in [0.3, 0.4) is 0 Å². The van der Waals surface area contributed by atoms with E-state index in [-0.39, 0.29) is 21.7 Å². The van der Waals surface area contributed by atoms with Crippen molar-refractivity contribution in [1.29, 1.82) is 0 Å².